The highest BCUT2D eigenvalue weighted by Crippen LogP contribution is 2.31. The lowest BCUT2D eigenvalue weighted by atomic mass is 10.1. The van der Waals surface area contributed by atoms with Gasteiger partial charge in [0.25, 0.3) is 0 Å². The molecule has 1 saturated heterocycles. The van der Waals surface area contributed by atoms with Crippen LogP contribution in [0.3, 0.4) is 0 Å². The normalized spacial score (nSPS) is 17.4. The molecule has 25 heavy (non-hydrogen) atoms. The van der Waals surface area contributed by atoms with Crippen molar-refractivity contribution in [1.29, 1.82) is 0 Å². The molecule has 126 valence electrons. The van der Waals surface area contributed by atoms with Gasteiger partial charge in [-0.3, -0.25) is 9.59 Å². The van der Waals surface area contributed by atoms with E-state index in [1.807, 2.05) is 0 Å². The summed E-state index contributed by atoms with van der Waals surface area (Å²) < 4.78 is 19.0. The second-order valence-corrected chi connectivity index (χ2v) is 6.26. The number of nitrogens with zero attached hydrogens (tertiary/aromatic N) is 2. The molecule has 2 aromatic carbocycles. The summed E-state index contributed by atoms with van der Waals surface area (Å²) >= 11 is 5.51. The average molecular weight is 359 g/mol. The van der Waals surface area contributed by atoms with Gasteiger partial charge in [-0.15, -0.1) is 0 Å². The number of hydrogen-bond acceptors (Lipinski definition) is 4. The van der Waals surface area contributed by atoms with E-state index >= 15 is 0 Å². The molecule has 3 aromatic rings. The van der Waals surface area contributed by atoms with Gasteiger partial charge in [0.1, 0.15) is 11.3 Å². The van der Waals surface area contributed by atoms with E-state index in [0.29, 0.717) is 28.2 Å². The maximum Gasteiger partial charge on any atom is 0.227 e. The van der Waals surface area contributed by atoms with Gasteiger partial charge in [-0.25, -0.2) is 9.37 Å². The molecule has 1 unspecified atom stereocenters. The number of carbonyl (C=O) groups is 2. The van der Waals surface area contributed by atoms with Gasteiger partial charge in [0, 0.05) is 24.2 Å². The summed E-state index contributed by atoms with van der Waals surface area (Å²) in [4.78, 5) is 29.3. The van der Waals surface area contributed by atoms with Gasteiger partial charge in [0.05, 0.1) is 5.92 Å². The number of anilines is 1. The zero-order chi connectivity index (χ0) is 17.6. The van der Waals surface area contributed by atoms with Gasteiger partial charge in [-0.1, -0.05) is 6.07 Å². The monoisotopic (exact) mass is 358 g/mol. The van der Waals surface area contributed by atoms with Crippen molar-refractivity contribution in [3.05, 3.63) is 48.3 Å². The molecule has 1 fully saturated rings. The van der Waals surface area contributed by atoms with Crippen LogP contribution < -0.4 is 4.90 Å². The SMILES string of the molecule is O=C(Cl)C1CC(=O)N(c2ccc3oc(-c4cccc(F)c4)nc3c2)C1. The first-order valence-electron chi connectivity index (χ1n) is 7.67. The summed E-state index contributed by atoms with van der Waals surface area (Å²) in [6, 6.07) is 11.1. The molecule has 1 aromatic heterocycles. The van der Waals surface area contributed by atoms with Crippen molar-refractivity contribution in [2.24, 2.45) is 5.92 Å². The molecule has 0 saturated carbocycles. The van der Waals surface area contributed by atoms with E-state index in [9.17, 15) is 14.0 Å². The summed E-state index contributed by atoms with van der Waals surface area (Å²) in [7, 11) is 0. The largest absolute Gasteiger partial charge is 0.436 e. The van der Waals surface area contributed by atoms with Crippen molar-refractivity contribution in [1.82, 2.24) is 4.98 Å². The maximum absolute atomic E-state index is 13.4. The van der Waals surface area contributed by atoms with Crippen molar-refractivity contribution in [2.75, 3.05) is 11.4 Å². The Kier molecular flexibility index (Phi) is 3.77. The van der Waals surface area contributed by atoms with Crippen LogP contribution in [0.4, 0.5) is 10.1 Å². The minimum atomic E-state index is -0.508. The van der Waals surface area contributed by atoms with Crippen molar-refractivity contribution in [3.63, 3.8) is 0 Å². The number of aromatic nitrogens is 1. The number of amides is 1. The smallest absolute Gasteiger partial charge is 0.227 e. The van der Waals surface area contributed by atoms with Crippen LogP contribution in [0.1, 0.15) is 6.42 Å². The minimum Gasteiger partial charge on any atom is -0.436 e. The molecule has 1 amide bonds. The molecular weight excluding hydrogens is 347 g/mol. The number of oxazole rings is 1. The van der Waals surface area contributed by atoms with Gasteiger partial charge >= 0.3 is 0 Å². The number of hydrogen-bond donors (Lipinski definition) is 0. The van der Waals surface area contributed by atoms with Crippen LogP contribution in [0.25, 0.3) is 22.6 Å². The third kappa shape index (κ3) is 2.89. The van der Waals surface area contributed by atoms with Crippen LogP contribution in [-0.2, 0) is 9.59 Å². The second kappa shape index (κ2) is 5.97. The van der Waals surface area contributed by atoms with Crippen LogP contribution in [0.15, 0.2) is 46.9 Å². The molecule has 5 nitrogen and oxygen atoms in total. The van der Waals surface area contributed by atoms with Gasteiger partial charge in [0.2, 0.25) is 17.0 Å². The van der Waals surface area contributed by atoms with E-state index in [2.05, 4.69) is 4.98 Å². The predicted octanol–water partition coefficient (Wildman–Crippen LogP) is 3.75. The fourth-order valence-corrected chi connectivity index (χ4v) is 3.08. The lowest BCUT2D eigenvalue weighted by Gasteiger charge is -2.15. The molecule has 2 heterocycles. The van der Waals surface area contributed by atoms with Gasteiger partial charge < -0.3 is 9.32 Å². The van der Waals surface area contributed by atoms with Crippen LogP contribution in [0, 0.1) is 11.7 Å². The Morgan fingerprint density at radius 3 is 2.84 bits per heavy atom. The zero-order valence-corrected chi connectivity index (χ0v) is 13.7. The minimum absolute atomic E-state index is 0.105. The summed E-state index contributed by atoms with van der Waals surface area (Å²) in [6.45, 7) is 0.251. The Bertz CT molecular complexity index is 1000. The summed E-state index contributed by atoms with van der Waals surface area (Å²) in [6.07, 6.45) is 0.105. The first-order chi connectivity index (χ1) is 12.0. The molecule has 0 bridgehead atoms. The van der Waals surface area contributed by atoms with Crippen LogP contribution in [-0.4, -0.2) is 22.7 Å². The maximum atomic E-state index is 13.4. The fraction of sp³-hybridized carbons (Fsp3) is 0.167. The highest BCUT2D eigenvalue weighted by molar-refractivity contribution is 6.64. The average Bonchev–Trinajstić information content (AvgIpc) is 3.17. The summed E-state index contributed by atoms with van der Waals surface area (Å²) in [5.74, 6) is -0.731. The highest BCUT2D eigenvalue weighted by Gasteiger charge is 2.34. The second-order valence-electron chi connectivity index (χ2n) is 5.89. The molecular formula is C18H12ClFN2O3. The number of benzene rings is 2. The lowest BCUT2D eigenvalue weighted by molar-refractivity contribution is -0.120. The van der Waals surface area contributed by atoms with Gasteiger partial charge in [-0.05, 0) is 48.0 Å². The number of fused-ring (bicyclic) bond motifs is 1. The standard InChI is InChI=1S/C18H12ClFN2O3/c19-17(24)11-7-16(23)22(9-11)13-4-5-15-14(8-13)21-18(25-15)10-2-1-3-12(20)6-10/h1-6,8,11H,7,9H2. The Morgan fingerprint density at radius 1 is 1.28 bits per heavy atom. The summed E-state index contributed by atoms with van der Waals surface area (Å²) in [5, 5.41) is -0.508. The number of halogens is 2. The topological polar surface area (TPSA) is 63.4 Å². The van der Waals surface area contributed by atoms with Crippen molar-refractivity contribution in [2.45, 2.75) is 6.42 Å². The Hall–Kier alpha value is -2.73. The van der Waals surface area contributed by atoms with Crippen LogP contribution in [0.5, 0.6) is 0 Å². The van der Waals surface area contributed by atoms with Crippen molar-refractivity contribution >= 4 is 39.5 Å². The molecule has 1 aliphatic heterocycles. The van der Waals surface area contributed by atoms with E-state index < -0.39 is 11.2 Å². The molecule has 0 aliphatic carbocycles. The van der Waals surface area contributed by atoms with Crippen molar-refractivity contribution in [3.8, 4) is 11.5 Å². The first kappa shape index (κ1) is 15.8. The zero-order valence-electron chi connectivity index (χ0n) is 12.9. The van der Waals surface area contributed by atoms with Crippen LogP contribution in [0.2, 0.25) is 0 Å². The fourth-order valence-electron chi connectivity index (χ4n) is 2.94. The third-order valence-corrected chi connectivity index (χ3v) is 4.51. The lowest BCUT2D eigenvalue weighted by Crippen LogP contribution is -2.25. The van der Waals surface area contributed by atoms with Crippen LogP contribution >= 0.6 is 11.6 Å². The Balaban J connectivity index is 1.69. The quantitative estimate of drug-likeness (QED) is 0.669. The Labute approximate surface area is 147 Å². The predicted molar refractivity (Wildman–Crippen MR) is 90.7 cm³/mol. The van der Waals surface area contributed by atoms with E-state index in [4.69, 9.17) is 16.0 Å². The molecule has 7 heteroatoms. The van der Waals surface area contributed by atoms with Crippen molar-refractivity contribution < 1.29 is 18.4 Å². The van der Waals surface area contributed by atoms with E-state index in [-0.39, 0.29) is 24.7 Å². The molecule has 4 rings (SSSR count). The molecule has 1 atom stereocenters. The van der Waals surface area contributed by atoms with Gasteiger partial charge in [-0.2, -0.15) is 0 Å². The highest BCUT2D eigenvalue weighted by atomic mass is 35.5. The molecule has 0 radical (unpaired) electrons. The third-order valence-electron chi connectivity index (χ3n) is 4.20. The Morgan fingerprint density at radius 2 is 2.12 bits per heavy atom. The van der Waals surface area contributed by atoms with Gasteiger partial charge in [0.15, 0.2) is 5.58 Å². The van der Waals surface area contributed by atoms with E-state index in [0.717, 1.165) is 0 Å². The van der Waals surface area contributed by atoms with E-state index in [1.165, 1.54) is 17.0 Å². The number of carbonyl (C=O) groups excluding carboxylic acids is 2. The molecule has 0 spiro atoms. The molecule has 0 N–H and O–H groups in total. The first-order valence-corrected chi connectivity index (χ1v) is 8.05. The number of rotatable bonds is 3. The molecule has 1 aliphatic rings. The summed E-state index contributed by atoms with van der Waals surface area (Å²) in [5.41, 5.74) is 2.23. The van der Waals surface area contributed by atoms with E-state index in [1.54, 1.807) is 30.3 Å².